The maximum absolute atomic E-state index is 8.90. The van der Waals surface area contributed by atoms with Crippen molar-refractivity contribution in [3.8, 4) is 61.4 Å². The molecule has 0 aliphatic heterocycles. The minimum atomic E-state index is 0.564. The van der Waals surface area contributed by atoms with Gasteiger partial charge in [-0.05, 0) is 175 Å². The number of halogens is 3. The first-order chi connectivity index (χ1) is 33.3. The molecule has 0 atom stereocenters. The molecule has 1 N–H and O–H groups in total. The Labute approximate surface area is 425 Å². The summed E-state index contributed by atoms with van der Waals surface area (Å²) >= 11 is 9.21. The molecule has 2 heterocycles. The van der Waals surface area contributed by atoms with Crippen LogP contribution in [0.1, 0.15) is 0 Å². The van der Waals surface area contributed by atoms with Crippen molar-refractivity contribution in [1.29, 1.82) is 0 Å². The molecule has 0 aliphatic rings. The third-order valence-electron chi connectivity index (χ3n) is 11.6. The van der Waals surface area contributed by atoms with Crippen LogP contribution in [0, 0.1) is 3.57 Å². The Morgan fingerprint density at radius 1 is 0.338 bits per heavy atom. The van der Waals surface area contributed by atoms with Gasteiger partial charge in [0.1, 0.15) is 28.1 Å². The van der Waals surface area contributed by atoms with Crippen LogP contribution in [-0.4, -0.2) is 12.7 Å². The van der Waals surface area contributed by atoms with E-state index in [0.29, 0.717) is 13.4 Å². The van der Waals surface area contributed by atoms with Crippen LogP contribution in [0.25, 0.3) is 99.5 Å². The van der Waals surface area contributed by atoms with E-state index in [0.717, 1.165) is 63.9 Å². The summed E-state index contributed by atoms with van der Waals surface area (Å²) in [6.07, 6.45) is 0. The van der Waals surface area contributed by atoms with Crippen molar-refractivity contribution in [1.82, 2.24) is 0 Å². The van der Waals surface area contributed by atoms with E-state index in [-0.39, 0.29) is 0 Å². The summed E-state index contributed by atoms with van der Waals surface area (Å²) in [7, 11) is 0.684. The summed E-state index contributed by atoms with van der Waals surface area (Å²) in [5.41, 5.74) is 15.3. The lowest BCUT2D eigenvalue weighted by molar-refractivity contribution is 0.454. The fourth-order valence-electron chi connectivity index (χ4n) is 8.35. The number of rotatable bonds is 7. The molecule has 0 amide bonds. The minimum Gasteiger partial charge on any atom is -0.537 e. The van der Waals surface area contributed by atoms with Crippen molar-refractivity contribution >= 4 is 106 Å². The predicted octanol–water partition coefficient (Wildman–Crippen LogP) is 18.2. The Bertz CT molecular complexity index is 3680. The maximum Gasteiger partial charge on any atom is 0.569 e. The zero-order valence-corrected chi connectivity index (χ0v) is 41.7. The van der Waals surface area contributed by atoms with Gasteiger partial charge in [0.2, 0.25) is 0 Å². The quantitative estimate of drug-likeness (QED) is 0.128. The number of benzene rings is 10. The van der Waals surface area contributed by atoms with Crippen LogP contribution in [0.2, 0.25) is 0 Å². The molecule has 0 aliphatic carbocycles. The van der Waals surface area contributed by atoms with Crippen LogP contribution in [0.4, 0.5) is 0 Å². The molecule has 10 aromatic carbocycles. The van der Waals surface area contributed by atoms with Gasteiger partial charge in [0, 0.05) is 34.1 Å². The molecule has 0 unspecified atom stereocenters. The minimum absolute atomic E-state index is 0.564. The average molecular weight is 1120 g/mol. The molecule has 0 bridgehead atoms. The van der Waals surface area contributed by atoms with E-state index >= 15 is 0 Å². The summed E-state index contributed by atoms with van der Waals surface area (Å²) in [4.78, 5) is 0. The molecule has 2 aromatic heterocycles. The van der Waals surface area contributed by atoms with Gasteiger partial charge in [-0.1, -0.05) is 165 Å². The zero-order valence-electron chi connectivity index (χ0n) is 36.3. The van der Waals surface area contributed by atoms with Crippen molar-refractivity contribution < 1.29 is 18.5 Å². The summed E-state index contributed by atoms with van der Waals surface area (Å²) in [6, 6.07) is 79.2. The number of furan rings is 2. The van der Waals surface area contributed by atoms with Crippen molar-refractivity contribution in [2.24, 2.45) is 0 Å². The summed E-state index contributed by atoms with van der Waals surface area (Å²) in [5.74, 6) is 0.564. The summed E-state index contributed by atoms with van der Waals surface area (Å²) in [6.45, 7) is 0. The van der Waals surface area contributed by atoms with Crippen molar-refractivity contribution in [3.63, 3.8) is 0 Å². The summed E-state index contributed by atoms with van der Waals surface area (Å²) in [5, 5.41) is 13.1. The van der Waals surface area contributed by atoms with Gasteiger partial charge in [0.25, 0.3) is 0 Å². The molecule has 4 nitrogen and oxygen atoms in total. The second kappa shape index (κ2) is 20.7. The van der Waals surface area contributed by atoms with E-state index in [9.17, 15) is 0 Å². The number of hydrogen-bond donors (Lipinski definition) is 1. The van der Waals surface area contributed by atoms with Gasteiger partial charge in [0.15, 0.2) is 0 Å². The van der Waals surface area contributed by atoms with Gasteiger partial charge in [-0.25, -0.2) is 0 Å². The third-order valence-corrected chi connectivity index (χ3v) is 13.3. The molecule has 0 saturated heterocycles. The second-order valence-electron chi connectivity index (χ2n) is 16.1. The first-order valence-corrected chi connectivity index (χ1v) is 24.6. The van der Waals surface area contributed by atoms with E-state index in [1.165, 1.54) is 48.1 Å². The van der Waals surface area contributed by atoms with Gasteiger partial charge >= 0.3 is 7.69 Å². The second-order valence-corrected chi connectivity index (χ2v) is 19.1. The molecule has 12 rings (SSSR count). The molecule has 327 valence electrons. The van der Waals surface area contributed by atoms with E-state index < -0.39 is 0 Å². The van der Waals surface area contributed by atoms with Crippen LogP contribution < -0.4 is 4.65 Å². The predicted molar refractivity (Wildman–Crippen MR) is 298 cm³/mol. The molecule has 0 saturated carbocycles. The molecule has 68 heavy (non-hydrogen) atoms. The maximum atomic E-state index is 8.90. The van der Waals surface area contributed by atoms with Crippen molar-refractivity contribution in [2.75, 3.05) is 0 Å². The normalized spacial score (nSPS) is 10.9. The van der Waals surface area contributed by atoms with Crippen molar-refractivity contribution in [3.05, 3.63) is 243 Å². The lowest BCUT2D eigenvalue weighted by Crippen LogP contribution is -1.98. The molecule has 8 heteroatoms. The van der Waals surface area contributed by atoms with Crippen LogP contribution >= 0.6 is 54.5 Å². The van der Waals surface area contributed by atoms with Gasteiger partial charge < -0.3 is 18.5 Å². The Balaban J connectivity index is 0.000000137. The fourth-order valence-corrected chi connectivity index (χ4v) is 10.1. The molecular formula is C60H39BBr2IO4. The molecule has 0 spiro atoms. The highest BCUT2D eigenvalue weighted by Gasteiger charge is 2.13. The number of hydrogen-bond acceptors (Lipinski definition) is 4. The largest absolute Gasteiger partial charge is 0.569 e. The average Bonchev–Trinajstić information content (AvgIpc) is 3.94. The van der Waals surface area contributed by atoms with E-state index in [4.69, 9.17) is 18.5 Å². The Morgan fingerprint density at radius 3 is 1.10 bits per heavy atom. The van der Waals surface area contributed by atoms with Crippen LogP contribution in [0.15, 0.2) is 248 Å². The smallest absolute Gasteiger partial charge is 0.537 e. The van der Waals surface area contributed by atoms with Gasteiger partial charge in [-0.3, -0.25) is 0 Å². The first-order valence-electron chi connectivity index (χ1n) is 21.9. The lowest BCUT2D eigenvalue weighted by Gasteiger charge is -2.06. The van der Waals surface area contributed by atoms with E-state index in [1.54, 1.807) is 6.07 Å². The fraction of sp³-hybridized carbons (Fsp3) is 0. The van der Waals surface area contributed by atoms with Gasteiger partial charge in [-0.2, -0.15) is 0 Å². The van der Waals surface area contributed by atoms with Crippen LogP contribution in [0.5, 0.6) is 5.75 Å². The SMILES string of the molecule is Brc1cccc(-c2ccc3oc4ccc(-c5cccc(-c6ccccc6)c5)cc4c3c2)c1.Brc1cccc(I)c1.O[B]Oc1ccc2oc3ccc(-c4cccc(-c5ccccc5)c4)cc3c2c1. The Kier molecular flexibility index (Phi) is 13.7. The molecule has 12 aromatic rings. The Morgan fingerprint density at radius 2 is 0.691 bits per heavy atom. The molecule has 1 radical (unpaired) electrons. The van der Waals surface area contributed by atoms with E-state index in [2.05, 4.69) is 230 Å². The Hall–Kier alpha value is -6.69. The van der Waals surface area contributed by atoms with Crippen LogP contribution in [0.3, 0.4) is 0 Å². The summed E-state index contributed by atoms with van der Waals surface area (Å²) < 4.78 is 20.7. The standard InChI is InChI=1S/C30H19BrO.C24H16BO3.C6H4BrI/c31-26-11-5-10-23(17-26)25-13-15-30-28(19-25)27-18-24(12-14-29(27)32-30)22-9-4-8-21(16-22)20-6-2-1-3-7-20;26-25-28-20-10-12-24-22(15-20)21-14-19(9-11-23(21)27-24)18-8-4-7-17(13-18)16-5-2-1-3-6-16;7-5-2-1-3-6(8)4-5/h1-19H;1-15,26H;1-4H. The highest BCUT2D eigenvalue weighted by molar-refractivity contribution is 14.1. The highest BCUT2D eigenvalue weighted by Crippen LogP contribution is 2.38. The topological polar surface area (TPSA) is 55.7 Å². The van der Waals surface area contributed by atoms with Crippen molar-refractivity contribution in [2.45, 2.75) is 0 Å². The van der Waals surface area contributed by atoms with E-state index in [1.807, 2.05) is 48.5 Å². The highest BCUT2D eigenvalue weighted by atomic mass is 127. The van der Waals surface area contributed by atoms with Gasteiger partial charge in [0.05, 0.1) is 0 Å². The molecular weight excluding hydrogens is 1080 g/mol. The zero-order chi connectivity index (χ0) is 46.4. The first kappa shape index (κ1) is 45.1. The van der Waals surface area contributed by atoms with Gasteiger partial charge in [-0.15, -0.1) is 0 Å². The lowest BCUT2D eigenvalue weighted by atomic mass is 9.97. The number of fused-ring (bicyclic) bond motifs is 6. The van der Waals surface area contributed by atoms with Crippen LogP contribution in [-0.2, 0) is 0 Å². The monoisotopic (exact) mass is 1120 g/mol. The molecule has 0 fully saturated rings. The third kappa shape index (κ3) is 10.2.